The van der Waals surface area contributed by atoms with Crippen molar-refractivity contribution in [2.45, 2.75) is 39.0 Å². The van der Waals surface area contributed by atoms with E-state index < -0.39 is 0 Å². The predicted molar refractivity (Wildman–Crippen MR) is 99.9 cm³/mol. The number of carbonyl (C=O) groups excluding carboxylic acids is 1. The number of anilines is 2. The molecule has 25 heavy (non-hydrogen) atoms. The molecule has 0 radical (unpaired) electrons. The van der Waals surface area contributed by atoms with Crippen LogP contribution in [0.3, 0.4) is 0 Å². The highest BCUT2D eigenvalue weighted by Crippen LogP contribution is 2.25. The summed E-state index contributed by atoms with van der Waals surface area (Å²) in [5, 5.41) is 6.19. The fraction of sp³-hybridized carbons (Fsp3) is 0.722. The Kier molecular flexibility index (Phi) is 8.45. The molecular formula is C18H31N5O2. The van der Waals surface area contributed by atoms with Crippen molar-refractivity contribution in [3.05, 3.63) is 12.4 Å². The molecule has 140 valence electrons. The monoisotopic (exact) mass is 349 g/mol. The largest absolute Gasteiger partial charge is 0.383 e. The lowest BCUT2D eigenvalue weighted by Crippen LogP contribution is -2.35. The molecule has 2 rings (SSSR count). The van der Waals surface area contributed by atoms with Crippen LogP contribution in [0.4, 0.5) is 11.6 Å². The number of rotatable bonds is 10. The van der Waals surface area contributed by atoms with Crippen molar-refractivity contribution in [3.63, 3.8) is 0 Å². The first-order valence-electron chi connectivity index (χ1n) is 9.29. The van der Waals surface area contributed by atoms with E-state index in [0.717, 1.165) is 57.0 Å². The van der Waals surface area contributed by atoms with Crippen molar-refractivity contribution in [3.8, 4) is 0 Å². The van der Waals surface area contributed by atoms with Gasteiger partial charge in [0.05, 0.1) is 6.61 Å². The van der Waals surface area contributed by atoms with Crippen LogP contribution >= 0.6 is 0 Å². The normalized spacial score (nSPS) is 15.2. The van der Waals surface area contributed by atoms with E-state index in [1.54, 1.807) is 13.4 Å². The molecule has 0 saturated carbocycles. The second-order valence-corrected chi connectivity index (χ2v) is 6.50. The Balaban J connectivity index is 1.71. The lowest BCUT2D eigenvalue weighted by molar-refractivity contribution is -0.121. The number of amides is 1. The highest BCUT2D eigenvalue weighted by Gasteiger charge is 2.21. The summed E-state index contributed by atoms with van der Waals surface area (Å²) in [6, 6.07) is 2.03. The summed E-state index contributed by atoms with van der Waals surface area (Å²) in [6.45, 7) is 6.19. The molecule has 0 bridgehead atoms. The summed E-state index contributed by atoms with van der Waals surface area (Å²) in [4.78, 5) is 22.8. The summed E-state index contributed by atoms with van der Waals surface area (Å²) in [5.41, 5.74) is 0. The summed E-state index contributed by atoms with van der Waals surface area (Å²) >= 11 is 0. The minimum absolute atomic E-state index is 0.127. The van der Waals surface area contributed by atoms with Gasteiger partial charge < -0.3 is 20.3 Å². The summed E-state index contributed by atoms with van der Waals surface area (Å²) in [7, 11) is 1.64. The number of nitrogens with zero attached hydrogens (tertiary/aromatic N) is 3. The topological polar surface area (TPSA) is 79.4 Å². The second-order valence-electron chi connectivity index (χ2n) is 6.50. The Labute approximate surface area is 150 Å². The minimum Gasteiger partial charge on any atom is -0.383 e. The van der Waals surface area contributed by atoms with Gasteiger partial charge in [0.15, 0.2) is 0 Å². The van der Waals surface area contributed by atoms with Gasteiger partial charge in [-0.1, -0.05) is 6.92 Å². The molecule has 2 heterocycles. The highest BCUT2D eigenvalue weighted by molar-refractivity contribution is 5.75. The van der Waals surface area contributed by atoms with Gasteiger partial charge >= 0.3 is 0 Å². The number of carbonyl (C=O) groups is 1. The maximum Gasteiger partial charge on any atom is 0.220 e. The van der Waals surface area contributed by atoms with E-state index in [9.17, 15) is 4.79 Å². The third-order valence-corrected chi connectivity index (χ3v) is 4.56. The summed E-state index contributed by atoms with van der Waals surface area (Å²) < 4.78 is 4.94. The summed E-state index contributed by atoms with van der Waals surface area (Å²) in [6.07, 6.45) is 6.47. The van der Waals surface area contributed by atoms with Gasteiger partial charge in [0.2, 0.25) is 5.91 Å². The molecule has 0 atom stereocenters. The number of nitrogens with one attached hydrogen (secondary N) is 2. The molecule has 1 saturated heterocycles. The zero-order chi connectivity index (χ0) is 17.9. The van der Waals surface area contributed by atoms with Crippen LogP contribution in [0.25, 0.3) is 0 Å². The number of ether oxygens (including phenoxy) is 1. The first kappa shape index (κ1) is 19.4. The Morgan fingerprint density at radius 1 is 1.32 bits per heavy atom. The Morgan fingerprint density at radius 3 is 2.84 bits per heavy atom. The van der Waals surface area contributed by atoms with Crippen LogP contribution in [0.1, 0.15) is 39.0 Å². The average molecular weight is 349 g/mol. The Morgan fingerprint density at radius 2 is 2.12 bits per heavy atom. The van der Waals surface area contributed by atoms with Crippen molar-refractivity contribution < 1.29 is 9.53 Å². The molecule has 0 aliphatic carbocycles. The van der Waals surface area contributed by atoms with Gasteiger partial charge in [0.1, 0.15) is 18.0 Å². The van der Waals surface area contributed by atoms with Gasteiger partial charge in [0.25, 0.3) is 0 Å². The van der Waals surface area contributed by atoms with Gasteiger partial charge in [-0.05, 0) is 31.6 Å². The van der Waals surface area contributed by atoms with Crippen molar-refractivity contribution in [2.24, 2.45) is 5.92 Å². The first-order chi connectivity index (χ1) is 12.2. The smallest absolute Gasteiger partial charge is 0.220 e. The molecule has 1 fully saturated rings. The van der Waals surface area contributed by atoms with Crippen LogP contribution in [-0.4, -0.2) is 55.8 Å². The fourth-order valence-corrected chi connectivity index (χ4v) is 3.04. The van der Waals surface area contributed by atoms with Gasteiger partial charge in [-0.2, -0.15) is 0 Å². The van der Waals surface area contributed by atoms with Gasteiger partial charge in [0, 0.05) is 45.8 Å². The molecule has 1 aromatic heterocycles. The molecule has 1 aliphatic rings. The van der Waals surface area contributed by atoms with E-state index >= 15 is 0 Å². The maximum atomic E-state index is 11.8. The van der Waals surface area contributed by atoms with Crippen LogP contribution in [0, 0.1) is 5.92 Å². The molecule has 0 unspecified atom stereocenters. The number of piperidine rings is 1. The van der Waals surface area contributed by atoms with Crippen molar-refractivity contribution >= 4 is 17.5 Å². The molecule has 7 heteroatoms. The van der Waals surface area contributed by atoms with E-state index in [1.807, 2.05) is 6.07 Å². The Hall–Kier alpha value is -1.89. The summed E-state index contributed by atoms with van der Waals surface area (Å²) in [5.74, 6) is 2.62. The lowest BCUT2D eigenvalue weighted by atomic mass is 9.92. The zero-order valence-electron chi connectivity index (χ0n) is 15.5. The standard InChI is InChI=1S/C18H31N5O2/c1-3-8-19-16-13-17(22-14-21-16)23-10-6-15(7-11-23)4-5-18(24)20-9-12-25-2/h13-15H,3-12H2,1-2H3,(H,20,24)(H,19,21,22). The average Bonchev–Trinajstić information content (AvgIpc) is 2.65. The predicted octanol–water partition coefficient (Wildman–Crippen LogP) is 2.06. The van der Waals surface area contributed by atoms with Gasteiger partial charge in [-0.3, -0.25) is 4.79 Å². The third-order valence-electron chi connectivity index (χ3n) is 4.56. The molecular weight excluding hydrogens is 318 g/mol. The molecule has 7 nitrogen and oxygen atoms in total. The van der Waals surface area contributed by atoms with E-state index in [0.29, 0.717) is 25.5 Å². The fourth-order valence-electron chi connectivity index (χ4n) is 3.04. The molecule has 1 aliphatic heterocycles. The maximum absolute atomic E-state index is 11.8. The van der Waals surface area contributed by atoms with Crippen molar-refractivity contribution in [1.82, 2.24) is 15.3 Å². The van der Waals surface area contributed by atoms with Crippen molar-refractivity contribution in [2.75, 3.05) is 50.1 Å². The van der Waals surface area contributed by atoms with Crippen LogP contribution < -0.4 is 15.5 Å². The van der Waals surface area contributed by atoms with E-state index in [4.69, 9.17) is 4.74 Å². The molecule has 1 aromatic rings. The number of methoxy groups -OCH3 is 1. The zero-order valence-corrected chi connectivity index (χ0v) is 15.5. The lowest BCUT2D eigenvalue weighted by Gasteiger charge is -2.32. The second kappa shape index (κ2) is 10.9. The highest BCUT2D eigenvalue weighted by atomic mass is 16.5. The SMILES string of the molecule is CCCNc1cc(N2CCC(CCC(=O)NCCOC)CC2)ncn1. The van der Waals surface area contributed by atoms with Gasteiger partial charge in [-0.25, -0.2) is 9.97 Å². The van der Waals surface area contributed by atoms with Crippen LogP contribution in [0.5, 0.6) is 0 Å². The van der Waals surface area contributed by atoms with Crippen LogP contribution in [0.2, 0.25) is 0 Å². The number of hydrogen-bond acceptors (Lipinski definition) is 6. The quantitative estimate of drug-likeness (QED) is 0.630. The van der Waals surface area contributed by atoms with Crippen molar-refractivity contribution in [1.29, 1.82) is 0 Å². The number of aromatic nitrogens is 2. The number of hydrogen-bond donors (Lipinski definition) is 2. The molecule has 2 N–H and O–H groups in total. The van der Waals surface area contributed by atoms with Crippen LogP contribution in [-0.2, 0) is 9.53 Å². The molecule has 0 spiro atoms. The molecule has 0 aromatic carbocycles. The van der Waals surface area contributed by atoms with Gasteiger partial charge in [-0.15, -0.1) is 0 Å². The minimum atomic E-state index is 0.127. The third kappa shape index (κ3) is 6.86. The van der Waals surface area contributed by atoms with E-state index in [-0.39, 0.29) is 5.91 Å². The van der Waals surface area contributed by atoms with E-state index in [1.165, 1.54) is 0 Å². The van der Waals surface area contributed by atoms with Crippen LogP contribution in [0.15, 0.2) is 12.4 Å². The molecule has 1 amide bonds. The van der Waals surface area contributed by atoms with E-state index in [2.05, 4.69) is 32.4 Å². The Bertz CT molecular complexity index is 518. The first-order valence-corrected chi connectivity index (χ1v) is 9.29.